The second-order valence-electron chi connectivity index (χ2n) is 7.91. The van der Waals surface area contributed by atoms with E-state index in [1.54, 1.807) is 0 Å². The quantitative estimate of drug-likeness (QED) is 0.382. The van der Waals surface area contributed by atoms with E-state index in [1.807, 2.05) is 25.5 Å². The molecule has 0 radical (unpaired) electrons. The van der Waals surface area contributed by atoms with E-state index in [9.17, 15) is 0 Å². The zero-order chi connectivity index (χ0) is 20.2. The highest BCUT2D eigenvalue weighted by Gasteiger charge is 2.18. The highest BCUT2D eigenvalue weighted by atomic mass is 15.3. The number of rotatable bonds is 8. The molecule has 0 saturated carbocycles. The smallest absolute Gasteiger partial charge is 0.225 e. The first-order chi connectivity index (χ1) is 14.3. The van der Waals surface area contributed by atoms with Crippen molar-refractivity contribution in [3.05, 3.63) is 18.5 Å². The van der Waals surface area contributed by atoms with Crippen LogP contribution in [0.4, 0.5) is 5.95 Å². The Bertz CT molecular complexity index is 578. The third-order valence-corrected chi connectivity index (χ3v) is 5.79. The number of hydrogen-bond donors (Lipinski definition) is 2. The summed E-state index contributed by atoms with van der Waals surface area (Å²) < 4.78 is 0. The van der Waals surface area contributed by atoms with Crippen LogP contribution in [0.1, 0.15) is 32.1 Å². The summed E-state index contributed by atoms with van der Waals surface area (Å²) in [6, 6.07) is 1.86. The molecular formula is C21H38N8. The molecule has 1 aromatic rings. The summed E-state index contributed by atoms with van der Waals surface area (Å²) in [5.41, 5.74) is 0. The van der Waals surface area contributed by atoms with Crippen molar-refractivity contribution in [3.63, 3.8) is 0 Å². The van der Waals surface area contributed by atoms with Gasteiger partial charge in [-0.2, -0.15) is 0 Å². The number of hydrogen-bond acceptors (Lipinski definition) is 6. The third kappa shape index (κ3) is 7.78. The average molecular weight is 403 g/mol. The zero-order valence-corrected chi connectivity index (χ0v) is 18.0. The van der Waals surface area contributed by atoms with Crippen LogP contribution in [-0.2, 0) is 0 Å². The average Bonchev–Trinajstić information content (AvgIpc) is 3.05. The van der Waals surface area contributed by atoms with Crippen LogP contribution in [0.25, 0.3) is 0 Å². The lowest BCUT2D eigenvalue weighted by Gasteiger charge is -2.34. The highest BCUT2D eigenvalue weighted by Crippen LogP contribution is 2.10. The number of nitrogens with one attached hydrogen (secondary N) is 2. The molecule has 2 saturated heterocycles. The molecule has 8 nitrogen and oxygen atoms in total. The van der Waals surface area contributed by atoms with E-state index in [0.717, 1.165) is 57.7 Å². The molecule has 2 N–H and O–H groups in total. The number of anilines is 1. The second kappa shape index (κ2) is 12.6. The van der Waals surface area contributed by atoms with E-state index >= 15 is 0 Å². The van der Waals surface area contributed by atoms with Crippen molar-refractivity contribution in [2.24, 2.45) is 4.99 Å². The summed E-state index contributed by atoms with van der Waals surface area (Å²) in [5, 5.41) is 6.91. The molecule has 0 amide bonds. The minimum absolute atomic E-state index is 0.843. The Kier molecular flexibility index (Phi) is 9.45. The monoisotopic (exact) mass is 402 g/mol. The fourth-order valence-electron chi connectivity index (χ4n) is 4.05. The largest absolute Gasteiger partial charge is 0.356 e. The summed E-state index contributed by atoms with van der Waals surface area (Å²) in [7, 11) is 1.85. The van der Waals surface area contributed by atoms with Crippen LogP contribution in [-0.4, -0.2) is 98.2 Å². The van der Waals surface area contributed by atoms with Gasteiger partial charge in [0.1, 0.15) is 0 Å². The Labute approximate surface area is 175 Å². The minimum Gasteiger partial charge on any atom is -0.356 e. The molecule has 8 heteroatoms. The predicted molar refractivity (Wildman–Crippen MR) is 120 cm³/mol. The Morgan fingerprint density at radius 3 is 2.21 bits per heavy atom. The van der Waals surface area contributed by atoms with Crippen LogP contribution in [0.15, 0.2) is 23.5 Å². The van der Waals surface area contributed by atoms with Crippen molar-refractivity contribution in [3.8, 4) is 0 Å². The van der Waals surface area contributed by atoms with Gasteiger partial charge in [0.15, 0.2) is 5.96 Å². The number of aliphatic imine (C=N–C) groups is 1. The van der Waals surface area contributed by atoms with E-state index in [2.05, 4.69) is 40.3 Å². The lowest BCUT2D eigenvalue weighted by Crippen LogP contribution is -2.49. The summed E-state index contributed by atoms with van der Waals surface area (Å²) in [6.45, 7) is 10.7. The van der Waals surface area contributed by atoms with Gasteiger partial charge < -0.3 is 20.4 Å². The number of aromatic nitrogens is 2. The molecule has 162 valence electrons. The van der Waals surface area contributed by atoms with Crippen molar-refractivity contribution in [2.45, 2.75) is 32.1 Å². The molecule has 0 aromatic carbocycles. The zero-order valence-electron chi connectivity index (χ0n) is 18.0. The van der Waals surface area contributed by atoms with Gasteiger partial charge in [0, 0.05) is 65.3 Å². The molecule has 0 unspecified atom stereocenters. The van der Waals surface area contributed by atoms with Gasteiger partial charge in [-0.15, -0.1) is 0 Å². The Morgan fingerprint density at radius 1 is 0.862 bits per heavy atom. The second-order valence-corrected chi connectivity index (χ2v) is 7.91. The van der Waals surface area contributed by atoms with Crippen LogP contribution >= 0.6 is 0 Å². The van der Waals surface area contributed by atoms with Gasteiger partial charge in [0.05, 0.1) is 0 Å². The Balaban J connectivity index is 1.24. The molecule has 3 heterocycles. The Hall–Kier alpha value is -1.93. The molecule has 0 spiro atoms. The normalized spacial score (nSPS) is 19.8. The maximum absolute atomic E-state index is 4.36. The van der Waals surface area contributed by atoms with Gasteiger partial charge in [-0.05, 0) is 45.0 Å². The predicted octanol–water partition coefficient (Wildman–Crippen LogP) is 1.03. The third-order valence-electron chi connectivity index (χ3n) is 5.79. The van der Waals surface area contributed by atoms with Gasteiger partial charge in [-0.25, -0.2) is 9.97 Å². The van der Waals surface area contributed by atoms with E-state index in [-0.39, 0.29) is 0 Å². The molecule has 3 rings (SSSR count). The summed E-state index contributed by atoms with van der Waals surface area (Å²) in [4.78, 5) is 20.4. The first kappa shape index (κ1) is 21.8. The number of nitrogens with zero attached hydrogens (tertiary/aromatic N) is 6. The van der Waals surface area contributed by atoms with Crippen LogP contribution < -0.4 is 15.5 Å². The van der Waals surface area contributed by atoms with E-state index in [4.69, 9.17) is 0 Å². The molecule has 0 aliphatic carbocycles. The van der Waals surface area contributed by atoms with Gasteiger partial charge in [-0.3, -0.25) is 9.89 Å². The van der Waals surface area contributed by atoms with Crippen LogP contribution in [0.5, 0.6) is 0 Å². The standard InChI is InChI=1S/C21H38N8/c1-22-20(23-10-7-14-27-12-4-2-3-5-13-27)24-11-15-28-16-18-29(19-17-28)21-25-8-6-9-26-21/h6,8-9H,2-5,7,10-19H2,1H3,(H2,22,23,24). The SMILES string of the molecule is CN=C(NCCCN1CCCCCC1)NCCN1CCN(c2ncccn2)CC1. The molecule has 29 heavy (non-hydrogen) atoms. The maximum Gasteiger partial charge on any atom is 0.225 e. The van der Waals surface area contributed by atoms with E-state index < -0.39 is 0 Å². The molecule has 0 atom stereocenters. The number of likely N-dealkylation sites (tertiary alicyclic amines) is 1. The first-order valence-corrected chi connectivity index (χ1v) is 11.3. The van der Waals surface area contributed by atoms with Crippen molar-refractivity contribution >= 4 is 11.9 Å². The van der Waals surface area contributed by atoms with Crippen molar-refractivity contribution in [1.82, 2.24) is 30.4 Å². The van der Waals surface area contributed by atoms with Crippen molar-refractivity contribution in [2.75, 3.05) is 77.4 Å². The fourth-order valence-corrected chi connectivity index (χ4v) is 4.05. The lowest BCUT2D eigenvalue weighted by molar-refractivity contribution is 0.260. The highest BCUT2D eigenvalue weighted by molar-refractivity contribution is 5.79. The van der Waals surface area contributed by atoms with Gasteiger partial charge in [-0.1, -0.05) is 12.8 Å². The number of piperazine rings is 1. The maximum atomic E-state index is 4.36. The van der Waals surface area contributed by atoms with Crippen molar-refractivity contribution < 1.29 is 0 Å². The van der Waals surface area contributed by atoms with Gasteiger partial charge >= 0.3 is 0 Å². The number of guanidine groups is 1. The molecular weight excluding hydrogens is 364 g/mol. The summed E-state index contributed by atoms with van der Waals surface area (Å²) in [6.07, 6.45) is 10.3. The summed E-state index contributed by atoms with van der Waals surface area (Å²) >= 11 is 0. The molecule has 2 aliphatic rings. The molecule has 2 aliphatic heterocycles. The van der Waals surface area contributed by atoms with Crippen molar-refractivity contribution in [1.29, 1.82) is 0 Å². The first-order valence-electron chi connectivity index (χ1n) is 11.3. The van der Waals surface area contributed by atoms with E-state index in [0.29, 0.717) is 0 Å². The van der Waals surface area contributed by atoms with Crippen LogP contribution in [0, 0.1) is 0 Å². The van der Waals surface area contributed by atoms with Crippen LogP contribution in [0.3, 0.4) is 0 Å². The van der Waals surface area contributed by atoms with Gasteiger partial charge in [0.25, 0.3) is 0 Å². The topological polar surface area (TPSA) is 71.9 Å². The summed E-state index contributed by atoms with van der Waals surface area (Å²) in [5.74, 6) is 1.76. The van der Waals surface area contributed by atoms with Crippen LogP contribution in [0.2, 0.25) is 0 Å². The molecule has 2 fully saturated rings. The van der Waals surface area contributed by atoms with Gasteiger partial charge in [0.2, 0.25) is 5.95 Å². The van der Waals surface area contributed by atoms with E-state index in [1.165, 1.54) is 51.7 Å². The molecule has 0 bridgehead atoms. The minimum atomic E-state index is 0.843. The molecule has 1 aromatic heterocycles. The lowest BCUT2D eigenvalue weighted by atomic mass is 10.2. The Morgan fingerprint density at radius 2 is 1.52 bits per heavy atom. The fraction of sp³-hybridized carbons (Fsp3) is 0.762.